The highest BCUT2D eigenvalue weighted by molar-refractivity contribution is 5.99. The van der Waals surface area contributed by atoms with Gasteiger partial charge in [-0.15, -0.1) is 6.42 Å². The number of carbonyl (C=O) groups excluding carboxylic acids is 2. The molecule has 0 heterocycles. The second-order valence-corrected chi connectivity index (χ2v) is 4.80. The zero-order valence-electron chi connectivity index (χ0n) is 12.2. The number of terminal acetylenes is 1. The maximum absolute atomic E-state index is 12.2. The predicted molar refractivity (Wildman–Crippen MR) is 86.4 cm³/mol. The SMILES string of the molecule is C#Cc1cccc(NC(=O)CN(C)C(=O)c2ccccc2)c1. The normalized spacial score (nSPS) is 9.64. The van der Waals surface area contributed by atoms with Crippen LogP contribution in [0.1, 0.15) is 15.9 Å². The van der Waals surface area contributed by atoms with E-state index in [-0.39, 0.29) is 18.4 Å². The van der Waals surface area contributed by atoms with Crippen molar-refractivity contribution in [2.45, 2.75) is 0 Å². The molecule has 0 saturated heterocycles. The van der Waals surface area contributed by atoms with Crippen molar-refractivity contribution < 1.29 is 9.59 Å². The monoisotopic (exact) mass is 292 g/mol. The number of rotatable bonds is 4. The van der Waals surface area contributed by atoms with Crippen LogP contribution in [0.25, 0.3) is 0 Å². The molecule has 0 spiro atoms. The summed E-state index contributed by atoms with van der Waals surface area (Å²) in [5.41, 5.74) is 1.85. The number of anilines is 1. The summed E-state index contributed by atoms with van der Waals surface area (Å²) in [5, 5.41) is 2.73. The summed E-state index contributed by atoms with van der Waals surface area (Å²) >= 11 is 0. The number of likely N-dealkylation sites (N-methyl/N-ethyl adjacent to an activating group) is 1. The number of hydrogen-bond donors (Lipinski definition) is 1. The van der Waals surface area contributed by atoms with Crippen molar-refractivity contribution in [3.63, 3.8) is 0 Å². The van der Waals surface area contributed by atoms with Crippen LogP contribution in [-0.2, 0) is 4.79 Å². The third kappa shape index (κ3) is 3.97. The van der Waals surface area contributed by atoms with Gasteiger partial charge >= 0.3 is 0 Å². The summed E-state index contributed by atoms with van der Waals surface area (Å²) in [6.07, 6.45) is 5.32. The van der Waals surface area contributed by atoms with Gasteiger partial charge in [-0.2, -0.15) is 0 Å². The fourth-order valence-electron chi connectivity index (χ4n) is 1.98. The van der Waals surface area contributed by atoms with Crippen LogP contribution in [-0.4, -0.2) is 30.3 Å². The van der Waals surface area contributed by atoms with Crippen molar-refractivity contribution in [1.29, 1.82) is 0 Å². The van der Waals surface area contributed by atoms with Crippen molar-refractivity contribution in [2.24, 2.45) is 0 Å². The topological polar surface area (TPSA) is 49.4 Å². The van der Waals surface area contributed by atoms with Gasteiger partial charge in [-0.05, 0) is 30.3 Å². The first-order valence-corrected chi connectivity index (χ1v) is 6.77. The van der Waals surface area contributed by atoms with Crippen molar-refractivity contribution in [3.05, 3.63) is 65.7 Å². The van der Waals surface area contributed by atoms with Gasteiger partial charge in [0.25, 0.3) is 5.91 Å². The number of amides is 2. The van der Waals surface area contributed by atoms with E-state index < -0.39 is 0 Å². The summed E-state index contributed by atoms with van der Waals surface area (Å²) in [5.74, 6) is 2.03. The first kappa shape index (κ1) is 15.3. The summed E-state index contributed by atoms with van der Waals surface area (Å²) in [7, 11) is 1.59. The van der Waals surface area contributed by atoms with E-state index in [1.54, 1.807) is 55.6 Å². The lowest BCUT2D eigenvalue weighted by Gasteiger charge is -2.17. The Bertz CT molecular complexity index is 717. The lowest BCUT2D eigenvalue weighted by molar-refractivity contribution is -0.116. The number of nitrogens with one attached hydrogen (secondary N) is 1. The molecule has 4 nitrogen and oxygen atoms in total. The van der Waals surface area contributed by atoms with Crippen LogP contribution in [0.3, 0.4) is 0 Å². The second kappa shape index (κ2) is 7.09. The average Bonchev–Trinajstić information content (AvgIpc) is 2.55. The molecule has 0 aliphatic heterocycles. The lowest BCUT2D eigenvalue weighted by atomic mass is 10.2. The molecule has 0 aliphatic carbocycles. The number of nitrogens with zero attached hydrogens (tertiary/aromatic N) is 1. The molecule has 2 amide bonds. The quantitative estimate of drug-likeness (QED) is 0.880. The van der Waals surface area contributed by atoms with Crippen molar-refractivity contribution in [2.75, 3.05) is 18.9 Å². The minimum atomic E-state index is -0.277. The van der Waals surface area contributed by atoms with Crippen molar-refractivity contribution in [3.8, 4) is 12.3 Å². The Hall–Kier alpha value is -3.06. The smallest absolute Gasteiger partial charge is 0.254 e. The maximum atomic E-state index is 12.2. The standard InChI is InChI=1S/C18H16N2O2/c1-3-14-8-7-11-16(12-14)19-17(21)13-20(2)18(22)15-9-5-4-6-10-15/h1,4-12H,13H2,2H3,(H,19,21). The fraction of sp³-hybridized carbons (Fsp3) is 0.111. The number of hydrogen-bond acceptors (Lipinski definition) is 2. The van der Waals surface area contributed by atoms with Crippen molar-refractivity contribution >= 4 is 17.5 Å². The van der Waals surface area contributed by atoms with E-state index in [0.29, 0.717) is 16.8 Å². The first-order chi connectivity index (χ1) is 10.6. The third-order valence-electron chi connectivity index (χ3n) is 3.06. The molecule has 0 bridgehead atoms. The van der Waals surface area contributed by atoms with Crippen LogP contribution in [0.5, 0.6) is 0 Å². The number of carbonyl (C=O) groups is 2. The Morgan fingerprint density at radius 1 is 1.14 bits per heavy atom. The molecule has 2 aromatic carbocycles. The van der Waals surface area contributed by atoms with Gasteiger partial charge in [-0.1, -0.05) is 30.2 Å². The molecule has 0 atom stereocenters. The molecule has 0 saturated carbocycles. The molecule has 0 aromatic heterocycles. The summed E-state index contributed by atoms with van der Waals surface area (Å²) in [6.45, 7) is -0.0337. The first-order valence-electron chi connectivity index (χ1n) is 6.77. The molecule has 2 aromatic rings. The Kier molecular flexibility index (Phi) is 4.94. The second-order valence-electron chi connectivity index (χ2n) is 4.80. The van der Waals surface area contributed by atoms with Crippen LogP contribution >= 0.6 is 0 Å². The van der Waals surface area contributed by atoms with Gasteiger partial charge in [0.15, 0.2) is 0 Å². The lowest BCUT2D eigenvalue weighted by Crippen LogP contribution is -2.34. The molecule has 0 aliphatic rings. The minimum Gasteiger partial charge on any atom is -0.332 e. The molecule has 0 unspecified atom stereocenters. The Labute approximate surface area is 129 Å². The van der Waals surface area contributed by atoms with Crippen LogP contribution < -0.4 is 5.32 Å². The highest BCUT2D eigenvalue weighted by Crippen LogP contribution is 2.10. The molecule has 0 fully saturated rings. The van der Waals surface area contributed by atoms with Gasteiger partial charge in [0.05, 0.1) is 6.54 Å². The van der Waals surface area contributed by atoms with E-state index in [2.05, 4.69) is 11.2 Å². The van der Waals surface area contributed by atoms with Gasteiger partial charge in [0, 0.05) is 23.9 Å². The zero-order chi connectivity index (χ0) is 15.9. The summed E-state index contributed by atoms with van der Waals surface area (Å²) < 4.78 is 0. The Morgan fingerprint density at radius 2 is 1.86 bits per heavy atom. The highest BCUT2D eigenvalue weighted by Gasteiger charge is 2.14. The molecule has 22 heavy (non-hydrogen) atoms. The Morgan fingerprint density at radius 3 is 2.55 bits per heavy atom. The largest absolute Gasteiger partial charge is 0.332 e. The van der Waals surface area contributed by atoms with E-state index in [4.69, 9.17) is 6.42 Å². The van der Waals surface area contributed by atoms with Gasteiger partial charge in [-0.3, -0.25) is 9.59 Å². The van der Waals surface area contributed by atoms with E-state index >= 15 is 0 Å². The van der Waals surface area contributed by atoms with E-state index in [1.807, 2.05) is 6.07 Å². The molecular formula is C18H16N2O2. The maximum Gasteiger partial charge on any atom is 0.254 e. The molecule has 1 N–H and O–H groups in total. The number of benzene rings is 2. The minimum absolute atomic E-state index is 0.0337. The van der Waals surface area contributed by atoms with Crippen LogP contribution in [0.15, 0.2) is 54.6 Å². The highest BCUT2D eigenvalue weighted by atomic mass is 16.2. The van der Waals surface area contributed by atoms with Crippen molar-refractivity contribution in [1.82, 2.24) is 4.90 Å². The summed E-state index contributed by atoms with van der Waals surface area (Å²) in [6, 6.07) is 15.8. The molecule has 4 heteroatoms. The van der Waals surface area contributed by atoms with Gasteiger partial charge < -0.3 is 10.2 Å². The van der Waals surface area contributed by atoms with Crippen LogP contribution in [0.2, 0.25) is 0 Å². The van der Waals surface area contributed by atoms with Crippen LogP contribution in [0, 0.1) is 12.3 Å². The van der Waals surface area contributed by atoms with E-state index in [9.17, 15) is 9.59 Å². The van der Waals surface area contributed by atoms with Gasteiger partial charge in [0.2, 0.25) is 5.91 Å². The van der Waals surface area contributed by atoms with E-state index in [1.165, 1.54) is 4.90 Å². The molecule has 0 radical (unpaired) electrons. The fourth-order valence-corrected chi connectivity index (χ4v) is 1.98. The summed E-state index contributed by atoms with van der Waals surface area (Å²) in [4.78, 5) is 25.5. The van der Waals surface area contributed by atoms with E-state index in [0.717, 1.165) is 0 Å². The average molecular weight is 292 g/mol. The third-order valence-corrected chi connectivity index (χ3v) is 3.06. The Balaban J connectivity index is 1.97. The predicted octanol–water partition coefficient (Wildman–Crippen LogP) is 2.38. The molecule has 110 valence electrons. The van der Waals surface area contributed by atoms with Gasteiger partial charge in [0.1, 0.15) is 0 Å². The van der Waals surface area contributed by atoms with Crippen LogP contribution in [0.4, 0.5) is 5.69 Å². The zero-order valence-corrected chi connectivity index (χ0v) is 12.2. The van der Waals surface area contributed by atoms with Gasteiger partial charge in [-0.25, -0.2) is 0 Å². The molecular weight excluding hydrogens is 276 g/mol. The molecule has 2 rings (SSSR count).